The molecule has 0 aromatic rings. The molecule has 2 saturated heterocycles. The number of hydrogen-bond donors (Lipinski definition) is 1. The molecule has 0 spiro atoms. The molecular weight excluding hydrogens is 232 g/mol. The molecule has 3 unspecified atom stereocenters. The van der Waals surface area contributed by atoms with Crippen LogP contribution in [-0.2, 0) is 4.79 Å². The van der Waals surface area contributed by atoms with Gasteiger partial charge in [-0.3, -0.25) is 10.1 Å². The lowest BCUT2D eigenvalue weighted by Gasteiger charge is -2.27. The molecule has 1 N–H and O–H groups in total. The molecule has 1 amide bonds. The zero-order chi connectivity index (χ0) is 12.4. The van der Waals surface area contributed by atoms with Gasteiger partial charge in [0, 0.05) is 11.8 Å². The van der Waals surface area contributed by atoms with Crippen LogP contribution >= 0.6 is 11.8 Å². The minimum Gasteiger partial charge on any atom is -0.325 e. The number of thioether (sulfide) groups is 1. The molecule has 0 aromatic heterocycles. The van der Waals surface area contributed by atoms with Crippen molar-refractivity contribution in [3.05, 3.63) is 0 Å². The fourth-order valence-electron chi connectivity index (χ4n) is 2.72. The van der Waals surface area contributed by atoms with Crippen LogP contribution in [0.4, 0.5) is 0 Å². The second-order valence-corrected chi connectivity index (χ2v) is 7.07. The van der Waals surface area contributed by atoms with Crippen molar-refractivity contribution in [2.24, 2.45) is 5.92 Å². The van der Waals surface area contributed by atoms with Gasteiger partial charge in [-0.1, -0.05) is 13.8 Å². The van der Waals surface area contributed by atoms with Crippen molar-refractivity contribution in [2.75, 3.05) is 12.3 Å². The van der Waals surface area contributed by atoms with Crippen molar-refractivity contribution in [1.29, 1.82) is 0 Å². The lowest BCUT2D eigenvalue weighted by Crippen LogP contribution is -2.41. The summed E-state index contributed by atoms with van der Waals surface area (Å²) < 4.78 is 0. The van der Waals surface area contributed by atoms with Crippen molar-refractivity contribution in [2.45, 2.75) is 57.5 Å². The second kappa shape index (κ2) is 5.61. The third-order valence-electron chi connectivity index (χ3n) is 3.59. The Morgan fingerprint density at radius 1 is 1.53 bits per heavy atom. The van der Waals surface area contributed by atoms with Gasteiger partial charge in [-0.05, 0) is 37.9 Å². The average Bonchev–Trinajstić information content (AvgIpc) is 2.83. The van der Waals surface area contributed by atoms with E-state index in [1.165, 1.54) is 18.6 Å². The summed E-state index contributed by atoms with van der Waals surface area (Å²) in [6, 6.07) is 0.00477. The predicted molar refractivity (Wildman–Crippen MR) is 73.0 cm³/mol. The van der Waals surface area contributed by atoms with E-state index in [2.05, 4.69) is 24.1 Å². The van der Waals surface area contributed by atoms with Crippen molar-refractivity contribution in [3.8, 4) is 0 Å². The number of rotatable bonds is 4. The zero-order valence-corrected chi connectivity index (χ0v) is 11.9. The number of hydrogen-bond acceptors (Lipinski definition) is 3. The Bertz CT molecular complexity index is 277. The predicted octanol–water partition coefficient (Wildman–Crippen LogP) is 2.07. The number of carbonyl (C=O) groups excluding carboxylic acids is 1. The SMILES string of the molecule is CC(C)CC1NC(C)C(=O)N1CC1CCCS1. The monoisotopic (exact) mass is 256 g/mol. The topological polar surface area (TPSA) is 32.3 Å². The Hall–Kier alpha value is -0.220. The van der Waals surface area contributed by atoms with Crippen LogP contribution in [0.2, 0.25) is 0 Å². The third kappa shape index (κ3) is 3.16. The van der Waals surface area contributed by atoms with Gasteiger partial charge in [0.1, 0.15) is 0 Å². The van der Waals surface area contributed by atoms with Gasteiger partial charge in [-0.2, -0.15) is 11.8 Å². The van der Waals surface area contributed by atoms with Gasteiger partial charge in [0.05, 0.1) is 12.2 Å². The van der Waals surface area contributed by atoms with E-state index >= 15 is 0 Å². The molecule has 2 aliphatic rings. The smallest absolute Gasteiger partial charge is 0.240 e. The molecule has 0 aromatic carbocycles. The average molecular weight is 256 g/mol. The second-order valence-electron chi connectivity index (χ2n) is 5.66. The Labute approximate surface area is 109 Å². The summed E-state index contributed by atoms with van der Waals surface area (Å²) >= 11 is 2.03. The maximum absolute atomic E-state index is 12.1. The first-order chi connectivity index (χ1) is 8.08. The summed E-state index contributed by atoms with van der Waals surface area (Å²) in [5.74, 6) is 2.19. The molecule has 98 valence electrons. The van der Waals surface area contributed by atoms with Crippen LogP contribution < -0.4 is 5.32 Å². The van der Waals surface area contributed by atoms with Gasteiger partial charge in [0.15, 0.2) is 0 Å². The molecule has 0 bridgehead atoms. The third-order valence-corrected chi connectivity index (χ3v) is 4.97. The molecule has 3 nitrogen and oxygen atoms in total. The Morgan fingerprint density at radius 2 is 2.29 bits per heavy atom. The van der Waals surface area contributed by atoms with Crippen LogP contribution in [0.25, 0.3) is 0 Å². The number of nitrogens with zero attached hydrogens (tertiary/aromatic N) is 1. The van der Waals surface area contributed by atoms with Crippen LogP contribution in [0.5, 0.6) is 0 Å². The van der Waals surface area contributed by atoms with E-state index in [4.69, 9.17) is 0 Å². The summed E-state index contributed by atoms with van der Waals surface area (Å²) in [4.78, 5) is 14.2. The van der Waals surface area contributed by atoms with Gasteiger partial charge in [0.25, 0.3) is 0 Å². The normalized spacial score (nSPS) is 34.0. The maximum Gasteiger partial charge on any atom is 0.240 e. The highest BCUT2D eigenvalue weighted by Gasteiger charge is 2.37. The molecule has 2 heterocycles. The first-order valence-electron chi connectivity index (χ1n) is 6.76. The highest BCUT2D eigenvalue weighted by Crippen LogP contribution is 2.29. The fraction of sp³-hybridized carbons (Fsp3) is 0.923. The van der Waals surface area contributed by atoms with Crippen LogP contribution in [0.15, 0.2) is 0 Å². The lowest BCUT2D eigenvalue weighted by atomic mass is 10.1. The zero-order valence-electron chi connectivity index (χ0n) is 11.1. The summed E-state index contributed by atoms with van der Waals surface area (Å²) in [5.41, 5.74) is 0. The quantitative estimate of drug-likeness (QED) is 0.836. The fourth-order valence-corrected chi connectivity index (χ4v) is 3.98. The lowest BCUT2D eigenvalue weighted by molar-refractivity contribution is -0.129. The van der Waals surface area contributed by atoms with Crippen LogP contribution in [0.1, 0.15) is 40.0 Å². The van der Waals surface area contributed by atoms with E-state index < -0.39 is 0 Å². The molecule has 2 aliphatic heterocycles. The molecule has 0 radical (unpaired) electrons. The van der Waals surface area contributed by atoms with E-state index in [0.29, 0.717) is 17.1 Å². The number of carbonyl (C=O) groups is 1. The molecule has 0 saturated carbocycles. The van der Waals surface area contributed by atoms with Gasteiger partial charge >= 0.3 is 0 Å². The van der Waals surface area contributed by atoms with Crippen molar-refractivity contribution < 1.29 is 4.79 Å². The molecule has 2 rings (SSSR count). The number of nitrogens with one attached hydrogen (secondary N) is 1. The van der Waals surface area contributed by atoms with Crippen LogP contribution in [0.3, 0.4) is 0 Å². The van der Waals surface area contributed by atoms with Gasteiger partial charge < -0.3 is 4.90 Å². The molecular formula is C13H24N2OS. The van der Waals surface area contributed by atoms with Crippen LogP contribution in [-0.4, -0.2) is 40.6 Å². The summed E-state index contributed by atoms with van der Waals surface area (Å²) in [5, 5.41) is 4.09. The highest BCUT2D eigenvalue weighted by atomic mass is 32.2. The maximum atomic E-state index is 12.1. The Kier molecular flexibility index (Phi) is 4.36. The minimum absolute atomic E-state index is 0.00477. The highest BCUT2D eigenvalue weighted by molar-refractivity contribution is 8.00. The van der Waals surface area contributed by atoms with E-state index in [9.17, 15) is 4.79 Å². The number of amides is 1. The molecule has 2 fully saturated rings. The summed E-state index contributed by atoms with van der Waals surface area (Å²) in [6.45, 7) is 7.37. The first kappa shape index (κ1) is 13.2. The Balaban J connectivity index is 1.96. The minimum atomic E-state index is 0.00477. The molecule has 3 atom stereocenters. The molecule has 4 heteroatoms. The standard InChI is InChI=1S/C13H24N2OS/c1-9(2)7-12-14-10(3)13(16)15(12)8-11-5-4-6-17-11/h9-12,14H,4-8H2,1-3H3. The van der Waals surface area contributed by atoms with E-state index in [1.807, 2.05) is 18.7 Å². The summed E-state index contributed by atoms with van der Waals surface area (Å²) in [7, 11) is 0. The van der Waals surface area contributed by atoms with E-state index in [0.717, 1.165) is 13.0 Å². The van der Waals surface area contributed by atoms with Gasteiger partial charge in [-0.25, -0.2) is 0 Å². The Morgan fingerprint density at radius 3 is 2.88 bits per heavy atom. The summed E-state index contributed by atoms with van der Waals surface area (Å²) in [6.07, 6.45) is 3.92. The van der Waals surface area contributed by atoms with Crippen LogP contribution in [0, 0.1) is 5.92 Å². The van der Waals surface area contributed by atoms with Gasteiger partial charge in [0.2, 0.25) is 5.91 Å². The first-order valence-corrected chi connectivity index (χ1v) is 7.81. The van der Waals surface area contributed by atoms with Crippen molar-refractivity contribution in [1.82, 2.24) is 10.2 Å². The van der Waals surface area contributed by atoms with Crippen molar-refractivity contribution >= 4 is 17.7 Å². The molecule has 0 aliphatic carbocycles. The van der Waals surface area contributed by atoms with Gasteiger partial charge in [-0.15, -0.1) is 0 Å². The molecule has 17 heavy (non-hydrogen) atoms. The van der Waals surface area contributed by atoms with E-state index in [1.54, 1.807) is 0 Å². The van der Waals surface area contributed by atoms with E-state index in [-0.39, 0.29) is 12.2 Å². The largest absolute Gasteiger partial charge is 0.325 e. The van der Waals surface area contributed by atoms with Crippen molar-refractivity contribution in [3.63, 3.8) is 0 Å².